The van der Waals surface area contributed by atoms with Crippen molar-refractivity contribution in [1.82, 2.24) is 10.6 Å². The molecule has 0 spiro atoms. The molecule has 1 unspecified atom stereocenters. The van der Waals surface area contributed by atoms with Gasteiger partial charge in [0.15, 0.2) is 6.10 Å². The summed E-state index contributed by atoms with van der Waals surface area (Å²) in [7, 11) is 0. The van der Waals surface area contributed by atoms with Crippen molar-refractivity contribution >= 4 is 21.8 Å². The van der Waals surface area contributed by atoms with Crippen LogP contribution in [0.5, 0.6) is 5.75 Å². The predicted octanol–water partition coefficient (Wildman–Crippen LogP) is 2.85. The van der Waals surface area contributed by atoms with E-state index in [2.05, 4.69) is 33.5 Å². The number of para-hydroxylation sites is 1. The van der Waals surface area contributed by atoms with Crippen LogP contribution >= 0.6 is 15.9 Å². The highest BCUT2D eigenvalue weighted by Crippen LogP contribution is 2.30. The van der Waals surface area contributed by atoms with Crippen LogP contribution in [0.15, 0.2) is 22.7 Å². The van der Waals surface area contributed by atoms with Gasteiger partial charge in [-0.15, -0.1) is 0 Å². The lowest BCUT2D eigenvalue weighted by Gasteiger charge is -2.19. The maximum Gasteiger partial charge on any atom is 0.260 e. The summed E-state index contributed by atoms with van der Waals surface area (Å²) in [6.45, 7) is 9.27. The van der Waals surface area contributed by atoms with Gasteiger partial charge in [-0.25, -0.2) is 0 Å². The number of carbonyl (C=O) groups is 1. The first-order valence-corrected chi connectivity index (χ1v) is 7.70. The zero-order chi connectivity index (χ0) is 15.1. The number of benzene rings is 1. The van der Waals surface area contributed by atoms with E-state index in [4.69, 9.17) is 4.74 Å². The van der Waals surface area contributed by atoms with E-state index in [9.17, 15) is 4.79 Å². The van der Waals surface area contributed by atoms with Gasteiger partial charge in [-0.05, 0) is 49.3 Å². The number of ether oxygens (including phenoxy) is 1. The minimum atomic E-state index is -0.531. The average molecular weight is 343 g/mol. The monoisotopic (exact) mass is 342 g/mol. The summed E-state index contributed by atoms with van der Waals surface area (Å²) in [5.41, 5.74) is 1.03. The molecule has 0 aromatic heterocycles. The SMILES string of the molecule is CCNCc1cccc(Br)c1OC(C)C(=O)NC(C)C. The number of hydrogen-bond donors (Lipinski definition) is 2. The fraction of sp³-hybridized carbons (Fsp3) is 0.533. The Labute approximate surface area is 129 Å². The molecule has 1 aromatic rings. The second-order valence-corrected chi connectivity index (χ2v) is 5.79. The molecule has 5 heteroatoms. The third-order valence-corrected chi connectivity index (χ3v) is 3.33. The Kier molecular flexibility index (Phi) is 7.02. The van der Waals surface area contributed by atoms with Gasteiger partial charge in [-0.1, -0.05) is 19.1 Å². The summed E-state index contributed by atoms with van der Waals surface area (Å²) in [6.07, 6.45) is -0.531. The number of amides is 1. The third kappa shape index (κ3) is 5.13. The molecule has 0 saturated heterocycles. The lowest BCUT2D eigenvalue weighted by Crippen LogP contribution is -2.40. The highest BCUT2D eigenvalue weighted by atomic mass is 79.9. The highest BCUT2D eigenvalue weighted by Gasteiger charge is 2.18. The molecule has 4 nitrogen and oxygen atoms in total. The molecule has 20 heavy (non-hydrogen) atoms. The normalized spacial score (nSPS) is 12.3. The van der Waals surface area contributed by atoms with Gasteiger partial charge in [-0.2, -0.15) is 0 Å². The quantitative estimate of drug-likeness (QED) is 0.800. The van der Waals surface area contributed by atoms with Crippen molar-refractivity contribution in [3.05, 3.63) is 28.2 Å². The number of halogens is 1. The Bertz CT molecular complexity index is 449. The summed E-state index contributed by atoms with van der Waals surface area (Å²) in [5, 5.41) is 6.12. The van der Waals surface area contributed by atoms with Gasteiger partial charge < -0.3 is 15.4 Å². The van der Waals surface area contributed by atoms with Crippen molar-refractivity contribution in [3.8, 4) is 5.75 Å². The highest BCUT2D eigenvalue weighted by molar-refractivity contribution is 9.10. The first kappa shape index (κ1) is 17.0. The Hall–Kier alpha value is -1.07. The van der Waals surface area contributed by atoms with Crippen LogP contribution < -0.4 is 15.4 Å². The van der Waals surface area contributed by atoms with E-state index >= 15 is 0 Å². The molecule has 1 rings (SSSR count). The van der Waals surface area contributed by atoms with Crippen molar-refractivity contribution in [1.29, 1.82) is 0 Å². The maximum atomic E-state index is 11.9. The Morgan fingerprint density at radius 1 is 1.35 bits per heavy atom. The van der Waals surface area contributed by atoms with Gasteiger partial charge in [0, 0.05) is 18.2 Å². The van der Waals surface area contributed by atoms with Gasteiger partial charge in [0.25, 0.3) is 5.91 Å². The molecule has 0 radical (unpaired) electrons. The number of hydrogen-bond acceptors (Lipinski definition) is 3. The van der Waals surface area contributed by atoms with Crippen LogP contribution in [0, 0.1) is 0 Å². The molecule has 0 heterocycles. The van der Waals surface area contributed by atoms with E-state index in [0.717, 1.165) is 22.3 Å². The Balaban J connectivity index is 2.82. The molecule has 1 atom stereocenters. The third-order valence-electron chi connectivity index (χ3n) is 2.71. The smallest absolute Gasteiger partial charge is 0.260 e. The van der Waals surface area contributed by atoms with Crippen molar-refractivity contribution in [2.45, 2.75) is 46.4 Å². The van der Waals surface area contributed by atoms with Gasteiger partial charge in [0.1, 0.15) is 5.75 Å². The van der Waals surface area contributed by atoms with Crippen LogP contribution in [0.4, 0.5) is 0 Å². The van der Waals surface area contributed by atoms with E-state index in [1.165, 1.54) is 0 Å². The average Bonchev–Trinajstić information content (AvgIpc) is 2.38. The lowest BCUT2D eigenvalue weighted by atomic mass is 10.2. The van der Waals surface area contributed by atoms with Gasteiger partial charge in [0.05, 0.1) is 4.47 Å². The van der Waals surface area contributed by atoms with Crippen LogP contribution in [0.3, 0.4) is 0 Å². The predicted molar refractivity (Wildman–Crippen MR) is 84.9 cm³/mol. The minimum Gasteiger partial charge on any atom is -0.479 e. The second-order valence-electron chi connectivity index (χ2n) is 4.93. The summed E-state index contributed by atoms with van der Waals surface area (Å²) >= 11 is 3.48. The largest absolute Gasteiger partial charge is 0.479 e. The Morgan fingerprint density at radius 3 is 2.65 bits per heavy atom. The number of rotatable bonds is 7. The van der Waals surface area contributed by atoms with E-state index in [1.54, 1.807) is 6.92 Å². The van der Waals surface area contributed by atoms with Crippen LogP contribution in [0.1, 0.15) is 33.3 Å². The first-order valence-electron chi connectivity index (χ1n) is 6.90. The molecule has 2 N–H and O–H groups in total. The zero-order valence-corrected chi connectivity index (χ0v) is 14.1. The van der Waals surface area contributed by atoms with Crippen LogP contribution in [0.25, 0.3) is 0 Å². The van der Waals surface area contributed by atoms with Gasteiger partial charge in [0.2, 0.25) is 0 Å². The second kappa shape index (κ2) is 8.27. The molecule has 0 saturated carbocycles. The fourth-order valence-corrected chi connectivity index (χ4v) is 2.22. The van der Waals surface area contributed by atoms with E-state index in [0.29, 0.717) is 6.54 Å². The van der Waals surface area contributed by atoms with Crippen molar-refractivity contribution in [2.75, 3.05) is 6.54 Å². The van der Waals surface area contributed by atoms with E-state index < -0.39 is 6.10 Å². The fourth-order valence-electron chi connectivity index (χ4n) is 1.72. The molecule has 0 bridgehead atoms. The number of nitrogens with one attached hydrogen (secondary N) is 2. The minimum absolute atomic E-state index is 0.106. The zero-order valence-electron chi connectivity index (χ0n) is 12.5. The molecular formula is C15H23BrN2O2. The summed E-state index contributed by atoms with van der Waals surface area (Å²) < 4.78 is 6.70. The molecule has 112 valence electrons. The van der Waals surface area contributed by atoms with Crippen molar-refractivity contribution in [3.63, 3.8) is 0 Å². The van der Waals surface area contributed by atoms with Crippen LogP contribution in [0.2, 0.25) is 0 Å². The molecule has 1 aromatic carbocycles. The lowest BCUT2D eigenvalue weighted by molar-refractivity contribution is -0.127. The number of carbonyl (C=O) groups excluding carboxylic acids is 1. The standard InChI is InChI=1S/C15H23BrN2O2/c1-5-17-9-12-7-6-8-13(16)14(12)20-11(4)15(19)18-10(2)3/h6-8,10-11,17H,5,9H2,1-4H3,(H,18,19). The summed E-state index contributed by atoms with van der Waals surface area (Å²) in [5.74, 6) is 0.616. The Morgan fingerprint density at radius 2 is 2.05 bits per heavy atom. The van der Waals surface area contributed by atoms with Crippen LogP contribution in [-0.2, 0) is 11.3 Å². The molecule has 0 aliphatic carbocycles. The summed E-state index contributed by atoms with van der Waals surface area (Å²) in [6, 6.07) is 5.98. The van der Waals surface area contributed by atoms with Crippen molar-refractivity contribution in [2.24, 2.45) is 0 Å². The molecule has 0 fully saturated rings. The first-order chi connectivity index (χ1) is 9.45. The van der Waals surface area contributed by atoms with Crippen LogP contribution in [-0.4, -0.2) is 24.6 Å². The molecule has 1 amide bonds. The maximum absolute atomic E-state index is 11.9. The van der Waals surface area contributed by atoms with Gasteiger partial charge >= 0.3 is 0 Å². The molecule has 0 aliphatic heterocycles. The molecule has 0 aliphatic rings. The van der Waals surface area contributed by atoms with E-state index in [-0.39, 0.29) is 11.9 Å². The topological polar surface area (TPSA) is 50.4 Å². The van der Waals surface area contributed by atoms with Crippen molar-refractivity contribution < 1.29 is 9.53 Å². The summed E-state index contributed by atoms with van der Waals surface area (Å²) in [4.78, 5) is 11.9. The van der Waals surface area contributed by atoms with Gasteiger partial charge in [-0.3, -0.25) is 4.79 Å². The van der Waals surface area contributed by atoms with E-state index in [1.807, 2.05) is 32.0 Å². The molecular weight excluding hydrogens is 320 g/mol.